The minimum absolute atomic E-state index is 0.0160. The summed E-state index contributed by atoms with van der Waals surface area (Å²) < 4.78 is 22.4. The number of piperazine rings is 1. The molecule has 2 saturated carbocycles. The normalized spacial score (nSPS) is 19.3. The fraction of sp³-hybridized carbons (Fsp3) is 0.423. The Morgan fingerprint density at radius 2 is 1.92 bits per heavy atom. The van der Waals surface area contributed by atoms with Gasteiger partial charge in [0.15, 0.2) is 5.65 Å². The van der Waals surface area contributed by atoms with Crippen molar-refractivity contribution in [2.45, 2.75) is 37.3 Å². The van der Waals surface area contributed by atoms with Crippen molar-refractivity contribution in [2.75, 3.05) is 49.6 Å². The maximum Gasteiger partial charge on any atom is 0.326 e. The maximum absolute atomic E-state index is 15.1. The molecular weight excluding hydrogens is 503 g/mol. The summed E-state index contributed by atoms with van der Waals surface area (Å²) in [6.45, 7) is 3.96. The number of nitrogens with one attached hydrogen (secondary N) is 2. The number of carbonyl (C=O) groups excluding carboxylic acids is 1. The molecule has 0 spiro atoms. The number of aromatic nitrogens is 5. The lowest BCUT2D eigenvalue weighted by Crippen LogP contribution is -2.49. The van der Waals surface area contributed by atoms with E-state index in [0.717, 1.165) is 57.6 Å². The van der Waals surface area contributed by atoms with E-state index in [4.69, 9.17) is 10.3 Å². The number of urea groups is 1. The number of nitrogens with two attached hydrogens (primary N) is 1. The third-order valence-electron chi connectivity index (χ3n) is 7.96. The first-order valence-corrected chi connectivity index (χ1v) is 13.2. The van der Waals surface area contributed by atoms with Gasteiger partial charge in [0.2, 0.25) is 5.88 Å². The van der Waals surface area contributed by atoms with Crippen LogP contribution >= 0.6 is 0 Å². The van der Waals surface area contributed by atoms with Gasteiger partial charge in [-0.15, -0.1) is 0 Å². The number of fused-ring (bicyclic) bond motifs is 1. The van der Waals surface area contributed by atoms with Crippen LogP contribution in [0.2, 0.25) is 0 Å². The van der Waals surface area contributed by atoms with Crippen molar-refractivity contribution in [3.8, 4) is 11.3 Å². The molecule has 3 aromatic heterocycles. The number of nitrogens with zero attached hydrogens (tertiary/aromatic N) is 7. The standard InChI is InChI=1S/C26H29FN10O2/c1-35-8-10-36(11-9-35)26(6-7-26)19-13-20(39-34-19)32-25(38)31-18-5-2-15(12-17(18)27)22-21-23(28)29-14-30-24(21)37(33-22)16-3-4-16/h2,5,12-14,16H,3-4,6-11H2,1H3,(H2,28,29,30)(H2,31,32,38). The summed E-state index contributed by atoms with van der Waals surface area (Å²) in [7, 11) is 2.12. The number of rotatable bonds is 6. The zero-order valence-corrected chi connectivity index (χ0v) is 21.5. The average Bonchev–Trinajstić information content (AvgIpc) is 3.85. The van der Waals surface area contributed by atoms with E-state index in [0.29, 0.717) is 22.3 Å². The molecule has 1 saturated heterocycles. The van der Waals surface area contributed by atoms with E-state index in [1.165, 1.54) is 18.5 Å². The topological polar surface area (TPSA) is 143 Å². The molecule has 3 aliphatic rings. The highest BCUT2D eigenvalue weighted by Crippen LogP contribution is 2.51. The Morgan fingerprint density at radius 3 is 2.64 bits per heavy atom. The average molecular weight is 533 g/mol. The van der Waals surface area contributed by atoms with Crippen molar-refractivity contribution < 1.29 is 13.7 Å². The summed E-state index contributed by atoms with van der Waals surface area (Å²) in [4.78, 5) is 25.9. The van der Waals surface area contributed by atoms with Crippen molar-refractivity contribution in [3.05, 3.63) is 42.1 Å². The summed E-state index contributed by atoms with van der Waals surface area (Å²) >= 11 is 0. The van der Waals surface area contributed by atoms with Crippen LogP contribution in [0.3, 0.4) is 0 Å². The zero-order valence-electron chi connectivity index (χ0n) is 21.5. The molecule has 4 aromatic rings. The van der Waals surface area contributed by atoms with Gasteiger partial charge in [0.25, 0.3) is 0 Å². The molecule has 39 heavy (non-hydrogen) atoms. The molecule has 0 unspecified atom stereocenters. The highest BCUT2D eigenvalue weighted by atomic mass is 19.1. The Bertz CT molecular complexity index is 1570. The Morgan fingerprint density at radius 1 is 1.13 bits per heavy atom. The Balaban J connectivity index is 1.06. The molecule has 202 valence electrons. The van der Waals surface area contributed by atoms with Gasteiger partial charge in [0, 0.05) is 37.8 Å². The van der Waals surface area contributed by atoms with Crippen LogP contribution in [-0.4, -0.2) is 74.0 Å². The van der Waals surface area contributed by atoms with Crippen LogP contribution in [0.4, 0.5) is 26.6 Å². The highest BCUT2D eigenvalue weighted by Gasteiger charge is 2.52. The van der Waals surface area contributed by atoms with Gasteiger partial charge in [-0.05, 0) is 44.9 Å². The third-order valence-corrected chi connectivity index (χ3v) is 7.96. The second kappa shape index (κ2) is 8.99. The van der Waals surface area contributed by atoms with Crippen molar-refractivity contribution in [1.29, 1.82) is 0 Å². The summed E-state index contributed by atoms with van der Waals surface area (Å²) in [6, 6.07) is 5.89. The van der Waals surface area contributed by atoms with Crippen LogP contribution in [0.25, 0.3) is 22.3 Å². The lowest BCUT2D eigenvalue weighted by atomic mass is 10.1. The minimum Gasteiger partial charge on any atom is -0.383 e. The number of halogens is 1. The van der Waals surface area contributed by atoms with Crippen LogP contribution in [0.15, 0.2) is 35.1 Å². The largest absolute Gasteiger partial charge is 0.383 e. The predicted molar refractivity (Wildman–Crippen MR) is 143 cm³/mol. The smallest absolute Gasteiger partial charge is 0.326 e. The number of hydrogen-bond acceptors (Lipinski definition) is 9. The number of anilines is 3. The molecular formula is C26H29FN10O2. The first kappa shape index (κ1) is 24.0. The van der Waals surface area contributed by atoms with E-state index in [1.54, 1.807) is 12.1 Å². The second-order valence-electron chi connectivity index (χ2n) is 10.7. The lowest BCUT2D eigenvalue weighted by molar-refractivity contribution is 0.0936. The summed E-state index contributed by atoms with van der Waals surface area (Å²) in [5.41, 5.74) is 8.51. The molecule has 3 fully saturated rings. The Hall–Kier alpha value is -4.10. The van der Waals surface area contributed by atoms with Gasteiger partial charge < -0.3 is 20.5 Å². The molecule has 4 heterocycles. The molecule has 0 atom stereocenters. The van der Waals surface area contributed by atoms with Gasteiger partial charge >= 0.3 is 6.03 Å². The quantitative estimate of drug-likeness (QED) is 0.340. The minimum atomic E-state index is -0.630. The van der Waals surface area contributed by atoms with Gasteiger partial charge in [0.1, 0.15) is 29.4 Å². The molecule has 2 aliphatic carbocycles. The van der Waals surface area contributed by atoms with Gasteiger partial charge in [-0.3, -0.25) is 10.2 Å². The summed E-state index contributed by atoms with van der Waals surface area (Å²) in [5, 5.41) is 14.7. The summed E-state index contributed by atoms with van der Waals surface area (Å²) in [6.07, 6.45) is 5.45. The van der Waals surface area contributed by atoms with E-state index < -0.39 is 11.8 Å². The van der Waals surface area contributed by atoms with Gasteiger partial charge in [-0.1, -0.05) is 11.2 Å². The number of hydrogen-bond donors (Lipinski definition) is 3. The van der Waals surface area contributed by atoms with Crippen LogP contribution in [-0.2, 0) is 5.54 Å². The van der Waals surface area contributed by atoms with E-state index in [-0.39, 0.29) is 29.0 Å². The first-order valence-electron chi connectivity index (χ1n) is 13.2. The second-order valence-corrected chi connectivity index (χ2v) is 10.7. The summed E-state index contributed by atoms with van der Waals surface area (Å²) in [5.74, 6) is -0.110. The van der Waals surface area contributed by atoms with Crippen molar-refractivity contribution >= 4 is 34.5 Å². The fourth-order valence-electron chi connectivity index (χ4n) is 5.44. The third kappa shape index (κ3) is 4.27. The molecule has 0 bridgehead atoms. The highest BCUT2D eigenvalue weighted by molar-refractivity contribution is 6.00. The van der Waals surface area contributed by atoms with E-state index in [1.807, 2.05) is 4.68 Å². The Kier molecular flexibility index (Phi) is 5.52. The van der Waals surface area contributed by atoms with Crippen LogP contribution < -0.4 is 16.4 Å². The van der Waals surface area contributed by atoms with Crippen molar-refractivity contribution in [2.24, 2.45) is 0 Å². The number of amides is 2. The number of carbonyl (C=O) groups is 1. The lowest BCUT2D eigenvalue weighted by Gasteiger charge is -2.37. The van der Waals surface area contributed by atoms with E-state index in [2.05, 4.69) is 47.7 Å². The number of likely N-dealkylation sites (N-methyl/N-ethyl adjacent to an activating group) is 1. The fourth-order valence-corrected chi connectivity index (χ4v) is 5.44. The molecule has 7 rings (SSSR count). The molecule has 0 radical (unpaired) electrons. The van der Waals surface area contributed by atoms with Crippen LogP contribution in [0.1, 0.15) is 37.4 Å². The SMILES string of the molecule is CN1CCN(C2(c3cc(NC(=O)Nc4ccc(-c5nn(C6CC6)c6ncnc(N)c56)cc4F)on3)CC2)CC1. The maximum atomic E-state index is 15.1. The van der Waals surface area contributed by atoms with Crippen LogP contribution in [0.5, 0.6) is 0 Å². The number of benzene rings is 1. The molecule has 1 aromatic carbocycles. The molecule has 1 aliphatic heterocycles. The van der Waals surface area contributed by atoms with Crippen molar-refractivity contribution in [1.82, 2.24) is 34.7 Å². The molecule has 2 amide bonds. The van der Waals surface area contributed by atoms with Crippen molar-refractivity contribution in [3.63, 3.8) is 0 Å². The van der Waals surface area contributed by atoms with Gasteiger partial charge in [0.05, 0.1) is 22.7 Å². The first-order chi connectivity index (χ1) is 18.9. The Labute approximate surface area is 223 Å². The van der Waals surface area contributed by atoms with Crippen LogP contribution in [0, 0.1) is 5.82 Å². The molecule has 12 nitrogen and oxygen atoms in total. The molecule has 4 N–H and O–H groups in total. The zero-order chi connectivity index (χ0) is 26.7. The monoisotopic (exact) mass is 532 g/mol. The van der Waals surface area contributed by atoms with E-state index >= 15 is 4.39 Å². The molecule has 13 heteroatoms. The van der Waals surface area contributed by atoms with E-state index in [9.17, 15) is 4.79 Å². The van der Waals surface area contributed by atoms with Gasteiger partial charge in [-0.25, -0.2) is 23.8 Å². The predicted octanol–water partition coefficient (Wildman–Crippen LogP) is 3.42. The number of nitrogen functional groups attached to an aromatic ring is 1. The van der Waals surface area contributed by atoms with Gasteiger partial charge in [-0.2, -0.15) is 5.10 Å².